The molecule has 0 aliphatic carbocycles. The number of rotatable bonds is 1. The number of nitrogens with zero attached hydrogens (tertiary/aromatic N) is 4. The van der Waals surface area contributed by atoms with E-state index in [9.17, 15) is 4.79 Å². The number of fused-ring (bicyclic) bond motifs is 1. The van der Waals surface area contributed by atoms with E-state index in [2.05, 4.69) is 28.2 Å². The van der Waals surface area contributed by atoms with E-state index in [1.54, 1.807) is 18.6 Å². The minimum Gasteiger partial charge on any atom is -0.315 e. The molecule has 1 aliphatic heterocycles. The van der Waals surface area contributed by atoms with Crippen molar-refractivity contribution in [2.24, 2.45) is 0 Å². The number of carbonyl (C=O) groups excluding carboxylic acids is 1. The maximum atomic E-state index is 12.4. The molecule has 1 amide bonds. The van der Waals surface area contributed by atoms with Gasteiger partial charge in [-0.3, -0.25) is 9.55 Å². The Kier molecular flexibility index (Phi) is 2.96. The Morgan fingerprint density at radius 2 is 1.95 bits per heavy atom. The van der Waals surface area contributed by atoms with Crippen LogP contribution in [0, 0.1) is 0 Å². The highest BCUT2D eigenvalue weighted by Gasteiger charge is 2.24. The average Bonchev–Trinajstić information content (AvgIpc) is 3.23. The first-order valence-electron chi connectivity index (χ1n) is 7.12. The van der Waals surface area contributed by atoms with Crippen LogP contribution in [0.2, 0.25) is 0 Å². The number of hydrogen-bond acceptors (Lipinski definition) is 3. The predicted molar refractivity (Wildman–Crippen MR) is 81.9 cm³/mol. The minimum absolute atomic E-state index is 0.0481. The zero-order valence-electron chi connectivity index (χ0n) is 11.9. The summed E-state index contributed by atoms with van der Waals surface area (Å²) in [5.41, 5.74) is 4.39. The maximum Gasteiger partial charge on any atom is 0.330 e. The zero-order chi connectivity index (χ0) is 14.9. The van der Waals surface area contributed by atoms with Gasteiger partial charge in [0, 0.05) is 37.2 Å². The lowest BCUT2D eigenvalue weighted by Gasteiger charge is -2.14. The largest absolute Gasteiger partial charge is 0.330 e. The molecule has 5 heteroatoms. The van der Waals surface area contributed by atoms with Crippen molar-refractivity contribution in [2.45, 2.75) is 13.1 Å². The average molecular weight is 290 g/mol. The molecule has 0 fully saturated rings. The van der Waals surface area contributed by atoms with Gasteiger partial charge in [0.05, 0.1) is 5.69 Å². The van der Waals surface area contributed by atoms with E-state index in [1.807, 2.05) is 23.1 Å². The Morgan fingerprint density at radius 1 is 1.05 bits per heavy atom. The van der Waals surface area contributed by atoms with Crippen molar-refractivity contribution >= 4 is 6.03 Å². The van der Waals surface area contributed by atoms with Crippen LogP contribution in [0.4, 0.5) is 4.79 Å². The van der Waals surface area contributed by atoms with Crippen molar-refractivity contribution in [3.8, 4) is 11.3 Å². The molecule has 0 saturated heterocycles. The van der Waals surface area contributed by atoms with Gasteiger partial charge in [0.15, 0.2) is 0 Å². The zero-order valence-corrected chi connectivity index (χ0v) is 11.9. The molecular weight excluding hydrogens is 276 g/mol. The minimum atomic E-state index is -0.0481. The van der Waals surface area contributed by atoms with Crippen LogP contribution in [0.5, 0.6) is 0 Å². The maximum absolute atomic E-state index is 12.4. The summed E-state index contributed by atoms with van der Waals surface area (Å²) in [7, 11) is 0. The third-order valence-electron chi connectivity index (χ3n) is 3.89. The van der Waals surface area contributed by atoms with Crippen molar-refractivity contribution in [3.05, 3.63) is 72.4 Å². The fraction of sp³-hybridized carbons (Fsp3) is 0.118. The van der Waals surface area contributed by atoms with Gasteiger partial charge in [-0.1, -0.05) is 18.2 Å². The van der Waals surface area contributed by atoms with Crippen LogP contribution in [0.3, 0.4) is 0 Å². The summed E-state index contributed by atoms with van der Waals surface area (Å²) >= 11 is 0. The fourth-order valence-electron chi connectivity index (χ4n) is 2.76. The molecule has 22 heavy (non-hydrogen) atoms. The molecule has 1 aliphatic rings. The van der Waals surface area contributed by atoms with E-state index in [1.165, 1.54) is 22.0 Å². The summed E-state index contributed by atoms with van der Waals surface area (Å²) in [5, 5.41) is 0. The molecule has 0 saturated carbocycles. The normalized spacial score (nSPS) is 13.2. The molecule has 3 aromatic rings. The number of hydrogen-bond donors (Lipinski definition) is 0. The number of carbonyl (C=O) groups is 1. The van der Waals surface area contributed by atoms with E-state index in [-0.39, 0.29) is 6.03 Å². The van der Waals surface area contributed by atoms with Crippen LogP contribution in [-0.4, -0.2) is 25.5 Å². The summed E-state index contributed by atoms with van der Waals surface area (Å²) in [5.74, 6) is 0. The van der Waals surface area contributed by atoms with Crippen LogP contribution in [0.15, 0.2) is 61.3 Å². The van der Waals surface area contributed by atoms with E-state index in [0.717, 1.165) is 11.3 Å². The van der Waals surface area contributed by atoms with Gasteiger partial charge < -0.3 is 4.90 Å². The summed E-state index contributed by atoms with van der Waals surface area (Å²) < 4.78 is 1.51. The number of aromatic nitrogens is 3. The molecule has 5 nitrogen and oxygen atoms in total. The summed E-state index contributed by atoms with van der Waals surface area (Å²) in [6.07, 6.45) is 6.60. The molecule has 0 spiro atoms. The Morgan fingerprint density at radius 3 is 2.73 bits per heavy atom. The van der Waals surface area contributed by atoms with Gasteiger partial charge >= 0.3 is 6.03 Å². The second-order valence-electron chi connectivity index (χ2n) is 5.31. The Bertz CT molecular complexity index is 812. The number of benzene rings is 1. The molecule has 0 atom stereocenters. The standard InChI is InChI=1S/C17H14N4O/c22-17(20-8-7-18-12-20)21-10-14-5-4-13(9-15(14)11-21)16-3-1-2-6-19-16/h1-9,12H,10-11H2. The second kappa shape index (κ2) is 5.11. The highest BCUT2D eigenvalue weighted by atomic mass is 16.2. The number of amides is 1. The summed E-state index contributed by atoms with van der Waals surface area (Å²) in [6.45, 7) is 1.25. The van der Waals surface area contributed by atoms with Gasteiger partial charge in [0.1, 0.15) is 6.33 Å². The van der Waals surface area contributed by atoms with E-state index in [0.29, 0.717) is 13.1 Å². The van der Waals surface area contributed by atoms with Crippen LogP contribution in [0.1, 0.15) is 11.1 Å². The molecule has 4 rings (SSSR count). The SMILES string of the molecule is O=C(N1Cc2ccc(-c3ccccn3)cc2C1)n1ccnc1. The molecule has 3 heterocycles. The molecule has 0 N–H and O–H groups in total. The second-order valence-corrected chi connectivity index (χ2v) is 5.31. The third-order valence-corrected chi connectivity index (χ3v) is 3.89. The van der Waals surface area contributed by atoms with Crippen LogP contribution < -0.4 is 0 Å². The molecule has 108 valence electrons. The van der Waals surface area contributed by atoms with E-state index >= 15 is 0 Å². The lowest BCUT2D eigenvalue weighted by molar-refractivity contribution is 0.200. The number of imidazole rings is 1. The Labute approximate surface area is 127 Å². The molecule has 0 radical (unpaired) electrons. The molecule has 0 unspecified atom stereocenters. The van der Waals surface area contributed by atoms with Crippen LogP contribution in [0.25, 0.3) is 11.3 Å². The first-order valence-corrected chi connectivity index (χ1v) is 7.12. The van der Waals surface area contributed by atoms with Crippen molar-refractivity contribution in [1.29, 1.82) is 0 Å². The van der Waals surface area contributed by atoms with Crippen molar-refractivity contribution in [1.82, 2.24) is 19.4 Å². The number of pyridine rings is 1. The summed E-state index contributed by atoms with van der Waals surface area (Å²) in [4.78, 5) is 22.5. The van der Waals surface area contributed by atoms with Gasteiger partial charge in [-0.05, 0) is 29.3 Å². The van der Waals surface area contributed by atoms with Gasteiger partial charge in [-0.2, -0.15) is 0 Å². The highest BCUT2D eigenvalue weighted by molar-refractivity contribution is 5.77. The predicted octanol–water partition coefficient (Wildman–Crippen LogP) is 2.93. The third kappa shape index (κ3) is 2.16. The van der Waals surface area contributed by atoms with Gasteiger partial charge in [0.25, 0.3) is 0 Å². The monoisotopic (exact) mass is 290 g/mol. The topological polar surface area (TPSA) is 51.0 Å². The van der Waals surface area contributed by atoms with Crippen molar-refractivity contribution in [2.75, 3.05) is 0 Å². The van der Waals surface area contributed by atoms with Crippen molar-refractivity contribution in [3.63, 3.8) is 0 Å². The lowest BCUT2D eigenvalue weighted by Crippen LogP contribution is -2.29. The van der Waals surface area contributed by atoms with E-state index in [4.69, 9.17) is 0 Å². The summed E-state index contributed by atoms with van der Waals surface area (Å²) in [6, 6.07) is 12.1. The van der Waals surface area contributed by atoms with Gasteiger partial charge in [0.2, 0.25) is 0 Å². The molecule has 1 aromatic carbocycles. The molecule has 0 bridgehead atoms. The Hall–Kier alpha value is -2.95. The van der Waals surface area contributed by atoms with Gasteiger partial charge in [-0.25, -0.2) is 9.78 Å². The Balaban J connectivity index is 1.61. The van der Waals surface area contributed by atoms with Crippen molar-refractivity contribution < 1.29 is 4.79 Å². The van der Waals surface area contributed by atoms with Crippen LogP contribution >= 0.6 is 0 Å². The molecule has 2 aromatic heterocycles. The van der Waals surface area contributed by atoms with Crippen LogP contribution in [-0.2, 0) is 13.1 Å². The first kappa shape index (κ1) is 12.8. The quantitative estimate of drug-likeness (QED) is 0.692. The highest BCUT2D eigenvalue weighted by Crippen LogP contribution is 2.28. The molecular formula is C17H14N4O. The fourth-order valence-corrected chi connectivity index (χ4v) is 2.76. The smallest absolute Gasteiger partial charge is 0.315 e. The lowest BCUT2D eigenvalue weighted by atomic mass is 10.0. The van der Waals surface area contributed by atoms with Gasteiger partial charge in [-0.15, -0.1) is 0 Å². The first-order chi connectivity index (χ1) is 10.8. The van der Waals surface area contributed by atoms with E-state index < -0.39 is 0 Å².